The van der Waals surface area contributed by atoms with Crippen LogP contribution < -0.4 is 10.9 Å². The molecule has 0 aliphatic carbocycles. The first kappa shape index (κ1) is 16.7. The number of nitrogens with zero attached hydrogens (tertiary/aromatic N) is 1. The second kappa shape index (κ2) is 8.12. The van der Waals surface area contributed by atoms with Crippen molar-refractivity contribution in [3.05, 3.63) is 51.9 Å². The molecule has 0 saturated heterocycles. The van der Waals surface area contributed by atoms with Crippen molar-refractivity contribution in [2.24, 2.45) is 0 Å². The highest BCUT2D eigenvalue weighted by Gasteiger charge is 2.07. The zero-order chi connectivity index (χ0) is 16.7. The number of carbonyl (C=O) groups is 1. The predicted octanol–water partition coefficient (Wildman–Crippen LogP) is 3.03. The van der Waals surface area contributed by atoms with Gasteiger partial charge in [0.05, 0.1) is 12.2 Å². The van der Waals surface area contributed by atoms with Crippen molar-refractivity contribution in [1.29, 1.82) is 0 Å². The molecular formula is C17H21N3O3. The molecule has 0 aliphatic rings. The average molecular weight is 315 g/mol. The lowest BCUT2D eigenvalue weighted by atomic mass is 10.2. The zero-order valence-electron chi connectivity index (χ0n) is 13.4. The molecule has 2 aromatic rings. The summed E-state index contributed by atoms with van der Waals surface area (Å²) in [5.41, 5.74) is 1.74. The van der Waals surface area contributed by atoms with Crippen LogP contribution >= 0.6 is 0 Å². The molecule has 2 N–H and O–H groups in total. The highest BCUT2D eigenvalue weighted by atomic mass is 16.5. The molecule has 0 amide bonds. The summed E-state index contributed by atoms with van der Waals surface area (Å²) in [7, 11) is 0. The molecular weight excluding hydrogens is 294 g/mol. The number of hydrogen-bond donors (Lipinski definition) is 2. The van der Waals surface area contributed by atoms with E-state index < -0.39 is 0 Å². The number of aryl methyl sites for hydroxylation is 1. The fraction of sp³-hybridized carbons (Fsp3) is 0.353. The van der Waals surface area contributed by atoms with Gasteiger partial charge in [-0.05, 0) is 37.1 Å². The quantitative estimate of drug-likeness (QED) is 0.606. The number of carbonyl (C=O) groups excluding carboxylic acids is 1. The van der Waals surface area contributed by atoms with E-state index in [1.165, 1.54) is 6.07 Å². The van der Waals surface area contributed by atoms with Gasteiger partial charge in [-0.15, -0.1) is 0 Å². The van der Waals surface area contributed by atoms with Crippen LogP contribution in [-0.2, 0) is 11.2 Å². The van der Waals surface area contributed by atoms with E-state index in [4.69, 9.17) is 4.74 Å². The Balaban J connectivity index is 2.04. The van der Waals surface area contributed by atoms with Crippen LogP contribution in [0.3, 0.4) is 0 Å². The van der Waals surface area contributed by atoms with E-state index in [2.05, 4.69) is 15.3 Å². The molecule has 0 atom stereocenters. The van der Waals surface area contributed by atoms with E-state index in [0.29, 0.717) is 30.2 Å². The Morgan fingerprint density at radius 3 is 2.65 bits per heavy atom. The van der Waals surface area contributed by atoms with E-state index in [0.717, 1.165) is 18.5 Å². The summed E-state index contributed by atoms with van der Waals surface area (Å²) < 4.78 is 5.15. The van der Waals surface area contributed by atoms with Crippen molar-refractivity contribution < 1.29 is 9.53 Å². The van der Waals surface area contributed by atoms with Crippen molar-refractivity contribution in [1.82, 2.24) is 9.97 Å². The standard InChI is InChI=1S/C17H21N3O3/c1-3-5-10-23-16(22)12-6-8-14(9-7-12)19-17-18-13(4-2)11-15(21)20-17/h6-9,11H,3-5,10H2,1-2H3,(H2,18,19,20,21). The van der Waals surface area contributed by atoms with Gasteiger partial charge in [-0.3, -0.25) is 9.78 Å². The molecule has 0 bridgehead atoms. The fourth-order valence-corrected chi connectivity index (χ4v) is 1.97. The number of esters is 1. The Bertz CT molecular complexity index is 708. The Morgan fingerprint density at radius 1 is 1.26 bits per heavy atom. The Kier molecular flexibility index (Phi) is 5.91. The van der Waals surface area contributed by atoms with E-state index in [9.17, 15) is 9.59 Å². The first-order chi connectivity index (χ1) is 11.1. The van der Waals surface area contributed by atoms with Crippen molar-refractivity contribution >= 4 is 17.6 Å². The van der Waals surface area contributed by atoms with Crippen LogP contribution in [-0.4, -0.2) is 22.5 Å². The molecule has 2 rings (SSSR count). The topological polar surface area (TPSA) is 84.1 Å². The summed E-state index contributed by atoms with van der Waals surface area (Å²) in [4.78, 5) is 30.3. The largest absolute Gasteiger partial charge is 0.462 e. The Labute approximate surface area is 134 Å². The molecule has 0 spiro atoms. The molecule has 6 nitrogen and oxygen atoms in total. The first-order valence-electron chi connectivity index (χ1n) is 7.76. The fourth-order valence-electron chi connectivity index (χ4n) is 1.97. The summed E-state index contributed by atoms with van der Waals surface area (Å²) in [6.07, 6.45) is 2.53. The minimum atomic E-state index is -0.329. The van der Waals surface area contributed by atoms with Gasteiger partial charge in [0.25, 0.3) is 5.56 Å². The van der Waals surface area contributed by atoms with E-state index >= 15 is 0 Å². The molecule has 0 unspecified atom stereocenters. The summed E-state index contributed by atoms with van der Waals surface area (Å²) in [5, 5.41) is 3.02. The van der Waals surface area contributed by atoms with Crippen LogP contribution in [0.1, 0.15) is 42.7 Å². The van der Waals surface area contributed by atoms with Gasteiger partial charge in [-0.1, -0.05) is 20.3 Å². The molecule has 1 aromatic carbocycles. The maximum Gasteiger partial charge on any atom is 0.338 e. The molecule has 0 saturated carbocycles. The predicted molar refractivity (Wildman–Crippen MR) is 89.2 cm³/mol. The van der Waals surface area contributed by atoms with Gasteiger partial charge in [0.2, 0.25) is 5.95 Å². The monoisotopic (exact) mass is 315 g/mol. The van der Waals surface area contributed by atoms with Crippen molar-refractivity contribution in [3.63, 3.8) is 0 Å². The van der Waals surface area contributed by atoms with Gasteiger partial charge in [0.15, 0.2) is 0 Å². The lowest BCUT2D eigenvalue weighted by Crippen LogP contribution is -2.11. The number of benzene rings is 1. The summed E-state index contributed by atoms with van der Waals surface area (Å²) in [5.74, 6) is 0.0529. The van der Waals surface area contributed by atoms with E-state index in [1.807, 2.05) is 13.8 Å². The Morgan fingerprint density at radius 2 is 2.00 bits per heavy atom. The average Bonchev–Trinajstić information content (AvgIpc) is 2.55. The van der Waals surface area contributed by atoms with Crippen molar-refractivity contribution in [3.8, 4) is 0 Å². The summed E-state index contributed by atoms with van der Waals surface area (Å²) in [6, 6.07) is 8.32. The normalized spacial score (nSPS) is 10.3. The van der Waals surface area contributed by atoms with Gasteiger partial charge < -0.3 is 10.1 Å². The van der Waals surface area contributed by atoms with Gasteiger partial charge in [-0.2, -0.15) is 0 Å². The zero-order valence-corrected chi connectivity index (χ0v) is 13.4. The van der Waals surface area contributed by atoms with Crippen molar-refractivity contribution in [2.75, 3.05) is 11.9 Å². The van der Waals surface area contributed by atoms with Crippen molar-refractivity contribution in [2.45, 2.75) is 33.1 Å². The van der Waals surface area contributed by atoms with Gasteiger partial charge in [0.1, 0.15) is 0 Å². The van der Waals surface area contributed by atoms with Crippen LogP contribution in [0.5, 0.6) is 0 Å². The number of rotatable bonds is 7. The highest BCUT2D eigenvalue weighted by Crippen LogP contribution is 2.14. The van der Waals surface area contributed by atoms with Gasteiger partial charge in [0, 0.05) is 17.4 Å². The minimum absolute atomic E-state index is 0.199. The second-order valence-corrected chi connectivity index (χ2v) is 5.13. The third-order valence-electron chi connectivity index (χ3n) is 3.27. The molecule has 23 heavy (non-hydrogen) atoms. The van der Waals surface area contributed by atoms with Crippen LogP contribution in [0.15, 0.2) is 35.1 Å². The third kappa shape index (κ3) is 4.95. The summed E-state index contributed by atoms with van der Waals surface area (Å²) in [6.45, 7) is 4.41. The SMILES string of the molecule is CCCCOC(=O)c1ccc(Nc2nc(CC)cc(=O)[nH]2)cc1. The minimum Gasteiger partial charge on any atom is -0.462 e. The lowest BCUT2D eigenvalue weighted by Gasteiger charge is -2.08. The molecule has 0 fully saturated rings. The first-order valence-corrected chi connectivity index (χ1v) is 7.76. The Hall–Kier alpha value is -2.63. The number of ether oxygens (including phenoxy) is 1. The number of aromatic amines is 1. The van der Waals surface area contributed by atoms with Gasteiger partial charge >= 0.3 is 5.97 Å². The molecule has 1 heterocycles. The molecule has 6 heteroatoms. The summed E-state index contributed by atoms with van der Waals surface area (Å²) >= 11 is 0. The molecule has 0 radical (unpaired) electrons. The highest BCUT2D eigenvalue weighted by molar-refractivity contribution is 5.89. The lowest BCUT2D eigenvalue weighted by molar-refractivity contribution is 0.0500. The molecule has 0 aliphatic heterocycles. The van der Waals surface area contributed by atoms with Gasteiger partial charge in [-0.25, -0.2) is 9.78 Å². The van der Waals surface area contributed by atoms with E-state index in [-0.39, 0.29) is 11.5 Å². The second-order valence-electron chi connectivity index (χ2n) is 5.13. The third-order valence-corrected chi connectivity index (χ3v) is 3.27. The van der Waals surface area contributed by atoms with Crippen LogP contribution in [0.4, 0.5) is 11.6 Å². The number of aromatic nitrogens is 2. The van der Waals surface area contributed by atoms with Crippen LogP contribution in [0.25, 0.3) is 0 Å². The number of anilines is 2. The van der Waals surface area contributed by atoms with Crippen LogP contribution in [0.2, 0.25) is 0 Å². The number of nitrogens with one attached hydrogen (secondary N) is 2. The number of unbranched alkanes of at least 4 members (excludes halogenated alkanes) is 1. The molecule has 122 valence electrons. The number of H-pyrrole nitrogens is 1. The van der Waals surface area contributed by atoms with E-state index in [1.54, 1.807) is 24.3 Å². The molecule has 1 aromatic heterocycles. The number of hydrogen-bond acceptors (Lipinski definition) is 5. The maximum atomic E-state index is 11.8. The smallest absolute Gasteiger partial charge is 0.338 e. The maximum absolute atomic E-state index is 11.8. The van der Waals surface area contributed by atoms with Crippen LogP contribution in [0, 0.1) is 0 Å².